The summed E-state index contributed by atoms with van der Waals surface area (Å²) in [6, 6.07) is 2.19. The molecule has 1 heterocycles. The minimum atomic E-state index is 0.337. The number of hydrogen-bond acceptors (Lipinski definition) is 3. The molecule has 1 aromatic heterocycles. The molecule has 0 spiro atoms. The second-order valence-corrected chi connectivity index (χ2v) is 3.49. The van der Waals surface area contributed by atoms with Gasteiger partial charge in [-0.05, 0) is 19.5 Å². The summed E-state index contributed by atoms with van der Waals surface area (Å²) in [6.07, 6.45) is 7.11. The Morgan fingerprint density at radius 2 is 2.36 bits per heavy atom. The van der Waals surface area contributed by atoms with Crippen molar-refractivity contribution in [3.63, 3.8) is 0 Å². The molecule has 0 saturated heterocycles. The van der Waals surface area contributed by atoms with Crippen LogP contribution in [0.1, 0.15) is 37.8 Å². The Labute approximate surface area is 85.7 Å². The minimum Gasteiger partial charge on any atom is -0.398 e. The van der Waals surface area contributed by atoms with E-state index in [0.29, 0.717) is 6.04 Å². The molecule has 0 aliphatic heterocycles. The lowest BCUT2D eigenvalue weighted by Crippen LogP contribution is -2.17. The summed E-state index contributed by atoms with van der Waals surface area (Å²) < 4.78 is 0. The van der Waals surface area contributed by atoms with Crippen LogP contribution in [-0.4, -0.2) is 12.0 Å². The van der Waals surface area contributed by atoms with Gasteiger partial charge in [0.05, 0.1) is 0 Å². The third-order valence-corrected chi connectivity index (χ3v) is 2.46. The topological polar surface area (TPSA) is 50.9 Å². The molecule has 0 aliphatic carbocycles. The van der Waals surface area contributed by atoms with Crippen molar-refractivity contribution in [2.45, 2.75) is 32.2 Å². The number of nitrogens with two attached hydrogens (primary N) is 1. The van der Waals surface area contributed by atoms with Crippen LogP contribution in [0.3, 0.4) is 0 Å². The van der Waals surface area contributed by atoms with Gasteiger partial charge >= 0.3 is 0 Å². The van der Waals surface area contributed by atoms with Gasteiger partial charge in [-0.3, -0.25) is 4.98 Å². The van der Waals surface area contributed by atoms with Gasteiger partial charge in [-0.1, -0.05) is 19.8 Å². The molecule has 0 saturated carbocycles. The van der Waals surface area contributed by atoms with E-state index in [1.807, 2.05) is 19.3 Å². The lowest BCUT2D eigenvalue weighted by molar-refractivity contribution is 0.523. The first-order chi connectivity index (χ1) is 6.79. The van der Waals surface area contributed by atoms with Crippen LogP contribution < -0.4 is 11.1 Å². The van der Waals surface area contributed by atoms with Crippen molar-refractivity contribution in [2.75, 3.05) is 12.8 Å². The fourth-order valence-electron chi connectivity index (χ4n) is 1.57. The van der Waals surface area contributed by atoms with Crippen molar-refractivity contribution < 1.29 is 0 Å². The molecule has 3 heteroatoms. The Kier molecular flexibility index (Phi) is 4.40. The first kappa shape index (κ1) is 11.0. The number of rotatable bonds is 5. The third kappa shape index (κ3) is 2.70. The average Bonchev–Trinajstić information content (AvgIpc) is 2.21. The molecule has 0 aromatic carbocycles. The molecule has 3 N–H and O–H groups in total. The lowest BCUT2D eigenvalue weighted by Gasteiger charge is -2.17. The van der Waals surface area contributed by atoms with E-state index in [0.717, 1.165) is 17.7 Å². The highest BCUT2D eigenvalue weighted by Gasteiger charge is 2.11. The van der Waals surface area contributed by atoms with Gasteiger partial charge in [0.1, 0.15) is 0 Å². The van der Waals surface area contributed by atoms with Crippen LogP contribution in [0.5, 0.6) is 0 Å². The number of hydrogen-bond donors (Lipinski definition) is 2. The van der Waals surface area contributed by atoms with E-state index in [2.05, 4.69) is 17.2 Å². The molecular formula is C11H19N3. The van der Waals surface area contributed by atoms with E-state index < -0.39 is 0 Å². The number of anilines is 1. The van der Waals surface area contributed by atoms with Crippen molar-refractivity contribution >= 4 is 5.69 Å². The van der Waals surface area contributed by atoms with Gasteiger partial charge in [0, 0.05) is 29.7 Å². The number of nitrogen functional groups attached to an aromatic ring is 1. The molecule has 0 amide bonds. The fraction of sp³-hybridized carbons (Fsp3) is 0.545. The summed E-state index contributed by atoms with van der Waals surface area (Å²) in [5.74, 6) is 0. The van der Waals surface area contributed by atoms with E-state index in [1.54, 1.807) is 6.20 Å². The SMILES string of the molecule is CCCCC(NC)c1cnccc1N. The van der Waals surface area contributed by atoms with Crippen LogP contribution in [0.2, 0.25) is 0 Å². The fourth-order valence-corrected chi connectivity index (χ4v) is 1.57. The molecule has 1 aromatic rings. The highest BCUT2D eigenvalue weighted by Crippen LogP contribution is 2.22. The van der Waals surface area contributed by atoms with E-state index >= 15 is 0 Å². The zero-order chi connectivity index (χ0) is 10.4. The molecule has 0 bridgehead atoms. The molecule has 14 heavy (non-hydrogen) atoms. The Morgan fingerprint density at radius 3 is 2.93 bits per heavy atom. The molecule has 1 unspecified atom stereocenters. The highest BCUT2D eigenvalue weighted by molar-refractivity contribution is 5.46. The van der Waals surface area contributed by atoms with Crippen LogP contribution in [-0.2, 0) is 0 Å². The van der Waals surface area contributed by atoms with Crippen LogP contribution in [0.15, 0.2) is 18.5 Å². The van der Waals surface area contributed by atoms with Crippen molar-refractivity contribution in [2.24, 2.45) is 0 Å². The van der Waals surface area contributed by atoms with Crippen LogP contribution in [0, 0.1) is 0 Å². The molecule has 1 rings (SSSR count). The molecule has 0 radical (unpaired) electrons. The number of unbranched alkanes of at least 4 members (excludes halogenated alkanes) is 1. The predicted octanol–water partition coefficient (Wildman–Crippen LogP) is 2.11. The van der Waals surface area contributed by atoms with Gasteiger partial charge in [0.25, 0.3) is 0 Å². The van der Waals surface area contributed by atoms with Crippen LogP contribution in [0.4, 0.5) is 5.69 Å². The second kappa shape index (κ2) is 5.60. The summed E-state index contributed by atoms with van der Waals surface area (Å²) in [5, 5.41) is 3.27. The van der Waals surface area contributed by atoms with Gasteiger partial charge in [-0.15, -0.1) is 0 Å². The Bertz CT molecular complexity index is 273. The Morgan fingerprint density at radius 1 is 1.57 bits per heavy atom. The third-order valence-electron chi connectivity index (χ3n) is 2.46. The summed E-state index contributed by atoms with van der Waals surface area (Å²) in [6.45, 7) is 2.19. The molecule has 3 nitrogen and oxygen atoms in total. The predicted molar refractivity (Wildman–Crippen MR) is 60.0 cm³/mol. The standard InChI is InChI=1S/C11H19N3/c1-3-4-5-11(13-2)9-8-14-7-6-10(9)12/h6-8,11,13H,3-5H2,1-2H3,(H2,12,14). The average molecular weight is 193 g/mol. The number of nitrogens with zero attached hydrogens (tertiary/aromatic N) is 1. The van der Waals surface area contributed by atoms with Crippen molar-refractivity contribution in [3.8, 4) is 0 Å². The van der Waals surface area contributed by atoms with Gasteiger partial charge in [0.2, 0.25) is 0 Å². The first-order valence-corrected chi connectivity index (χ1v) is 5.16. The van der Waals surface area contributed by atoms with E-state index in [9.17, 15) is 0 Å². The molecule has 1 atom stereocenters. The van der Waals surface area contributed by atoms with Crippen LogP contribution in [0.25, 0.3) is 0 Å². The van der Waals surface area contributed by atoms with E-state index in [4.69, 9.17) is 5.73 Å². The maximum Gasteiger partial charge on any atom is 0.0393 e. The zero-order valence-electron chi connectivity index (χ0n) is 8.96. The number of nitrogens with one attached hydrogen (secondary N) is 1. The van der Waals surface area contributed by atoms with Gasteiger partial charge in [-0.2, -0.15) is 0 Å². The monoisotopic (exact) mass is 193 g/mol. The zero-order valence-corrected chi connectivity index (χ0v) is 8.96. The maximum atomic E-state index is 5.89. The molecule has 0 aliphatic rings. The van der Waals surface area contributed by atoms with Gasteiger partial charge in [-0.25, -0.2) is 0 Å². The molecule has 0 fully saturated rings. The summed E-state index contributed by atoms with van der Waals surface area (Å²) in [4.78, 5) is 4.10. The molecule has 78 valence electrons. The van der Waals surface area contributed by atoms with Crippen molar-refractivity contribution in [3.05, 3.63) is 24.0 Å². The quantitative estimate of drug-likeness (QED) is 0.753. The number of pyridine rings is 1. The Hall–Kier alpha value is -1.09. The largest absolute Gasteiger partial charge is 0.398 e. The second-order valence-electron chi connectivity index (χ2n) is 3.49. The van der Waals surface area contributed by atoms with Crippen LogP contribution >= 0.6 is 0 Å². The summed E-state index contributed by atoms with van der Waals surface area (Å²) in [5.41, 5.74) is 7.83. The minimum absolute atomic E-state index is 0.337. The van der Waals surface area contributed by atoms with Gasteiger partial charge in [0.15, 0.2) is 0 Å². The maximum absolute atomic E-state index is 5.89. The van der Waals surface area contributed by atoms with Crippen molar-refractivity contribution in [1.82, 2.24) is 10.3 Å². The highest BCUT2D eigenvalue weighted by atomic mass is 14.9. The first-order valence-electron chi connectivity index (χ1n) is 5.16. The number of aromatic nitrogens is 1. The lowest BCUT2D eigenvalue weighted by atomic mass is 10.0. The Balaban J connectivity index is 2.73. The summed E-state index contributed by atoms with van der Waals surface area (Å²) in [7, 11) is 1.97. The van der Waals surface area contributed by atoms with E-state index in [-0.39, 0.29) is 0 Å². The van der Waals surface area contributed by atoms with Crippen molar-refractivity contribution in [1.29, 1.82) is 0 Å². The summed E-state index contributed by atoms with van der Waals surface area (Å²) >= 11 is 0. The normalized spacial score (nSPS) is 12.7. The molecular weight excluding hydrogens is 174 g/mol. The van der Waals surface area contributed by atoms with Gasteiger partial charge < -0.3 is 11.1 Å². The van der Waals surface area contributed by atoms with E-state index in [1.165, 1.54) is 12.8 Å². The smallest absolute Gasteiger partial charge is 0.0393 e.